The summed E-state index contributed by atoms with van der Waals surface area (Å²) in [6.07, 6.45) is 39.9. The summed E-state index contributed by atoms with van der Waals surface area (Å²) < 4.78 is 17.1. The highest BCUT2D eigenvalue weighted by Gasteiger charge is 2.25. The number of esters is 2. The van der Waals surface area contributed by atoms with E-state index in [2.05, 4.69) is 26.0 Å². The lowest BCUT2D eigenvalue weighted by Crippen LogP contribution is -2.55. The molecule has 0 fully saturated rings. The number of likely N-dealkylation sites (N-methyl/N-ethyl adjacent to an activating group) is 1. The first-order valence-electron chi connectivity index (χ1n) is 20.7. The lowest BCUT2D eigenvalue weighted by molar-refractivity contribution is -0.889. The second-order valence-electron chi connectivity index (χ2n) is 14.9. The highest BCUT2D eigenvalue weighted by Crippen LogP contribution is 2.14. The highest BCUT2D eigenvalue weighted by molar-refractivity contribution is 5.70. The number of aliphatic carboxylic acids is 1. The number of carbonyl (C=O) groups is 3. The number of quaternary nitrogens is 1. The van der Waals surface area contributed by atoms with Crippen molar-refractivity contribution in [2.24, 2.45) is 0 Å². The smallest absolute Gasteiger partial charge is 0.306 e. The third kappa shape index (κ3) is 33.1. The molecule has 2 atom stereocenters. The average Bonchev–Trinajstić information content (AvgIpc) is 3.09. The third-order valence-corrected chi connectivity index (χ3v) is 9.07. The largest absolute Gasteiger partial charge is 0.544 e. The number of ether oxygens (including phenoxy) is 3. The number of carbonyl (C=O) groups excluding carboxylic acids is 3. The number of nitrogens with zero attached hydrogens (tertiary/aromatic N) is 1. The molecular formula is C44H77NO7. The first-order valence-corrected chi connectivity index (χ1v) is 20.7. The van der Waals surface area contributed by atoms with Crippen LogP contribution >= 0.6 is 0 Å². The summed E-state index contributed by atoms with van der Waals surface area (Å²) in [6, 6.07) is -0.732. The number of carboxylic acids is 1. The minimum Gasteiger partial charge on any atom is -0.544 e. The van der Waals surface area contributed by atoms with Gasteiger partial charge in [-0.1, -0.05) is 159 Å². The van der Waals surface area contributed by atoms with E-state index in [9.17, 15) is 19.5 Å². The predicted molar refractivity (Wildman–Crippen MR) is 213 cm³/mol. The average molecular weight is 732 g/mol. The zero-order valence-electron chi connectivity index (χ0n) is 34.0. The second kappa shape index (κ2) is 35.3. The van der Waals surface area contributed by atoms with Crippen LogP contribution < -0.4 is 5.11 Å². The molecule has 0 saturated heterocycles. The van der Waals surface area contributed by atoms with Crippen LogP contribution in [0, 0.1) is 0 Å². The molecule has 8 nitrogen and oxygen atoms in total. The van der Waals surface area contributed by atoms with Crippen LogP contribution in [0.4, 0.5) is 0 Å². The van der Waals surface area contributed by atoms with Crippen LogP contribution in [-0.2, 0) is 28.6 Å². The van der Waals surface area contributed by atoms with E-state index < -0.39 is 18.1 Å². The summed E-state index contributed by atoms with van der Waals surface area (Å²) in [5.74, 6) is -1.79. The molecule has 0 saturated carbocycles. The Morgan fingerprint density at radius 3 is 1.60 bits per heavy atom. The van der Waals surface area contributed by atoms with Crippen molar-refractivity contribution in [2.45, 2.75) is 174 Å². The number of rotatable bonds is 36. The van der Waals surface area contributed by atoms with Crippen molar-refractivity contribution in [3.05, 3.63) is 48.6 Å². The molecule has 0 aromatic rings. The Morgan fingerprint density at radius 1 is 0.596 bits per heavy atom. The minimum absolute atomic E-state index is 0.0251. The van der Waals surface area contributed by atoms with Gasteiger partial charge >= 0.3 is 11.9 Å². The van der Waals surface area contributed by atoms with Gasteiger partial charge in [-0.3, -0.25) is 9.59 Å². The van der Waals surface area contributed by atoms with Crippen LogP contribution in [0.25, 0.3) is 0 Å². The molecule has 0 amide bonds. The Kier molecular flexibility index (Phi) is 33.5. The summed E-state index contributed by atoms with van der Waals surface area (Å²) >= 11 is 0. The molecule has 0 radical (unpaired) electrons. The van der Waals surface area contributed by atoms with E-state index in [1.165, 1.54) is 77.0 Å². The fourth-order valence-electron chi connectivity index (χ4n) is 5.85. The van der Waals surface area contributed by atoms with Crippen LogP contribution in [0.1, 0.15) is 162 Å². The molecule has 0 aromatic carbocycles. The summed E-state index contributed by atoms with van der Waals surface area (Å²) in [6.45, 7) is 4.47. The van der Waals surface area contributed by atoms with Gasteiger partial charge in [-0.15, -0.1) is 0 Å². The molecule has 0 aliphatic carbocycles. The highest BCUT2D eigenvalue weighted by atomic mass is 16.6. The Balaban J connectivity index is 4.42. The van der Waals surface area contributed by atoms with E-state index >= 15 is 0 Å². The topological polar surface area (TPSA) is 102 Å². The molecule has 0 aliphatic rings. The van der Waals surface area contributed by atoms with Crippen molar-refractivity contribution in [2.75, 3.05) is 41.0 Å². The third-order valence-electron chi connectivity index (χ3n) is 9.07. The van der Waals surface area contributed by atoms with Crippen LogP contribution in [0.2, 0.25) is 0 Å². The van der Waals surface area contributed by atoms with Gasteiger partial charge in [0.05, 0.1) is 40.3 Å². The van der Waals surface area contributed by atoms with Gasteiger partial charge in [-0.05, 0) is 32.1 Å². The number of hydrogen-bond donors (Lipinski definition) is 0. The van der Waals surface area contributed by atoms with Crippen LogP contribution in [0.5, 0.6) is 0 Å². The molecular weight excluding hydrogens is 654 g/mol. The normalized spacial score (nSPS) is 13.5. The fourth-order valence-corrected chi connectivity index (χ4v) is 5.85. The Bertz CT molecular complexity index is 995. The van der Waals surface area contributed by atoms with Gasteiger partial charge in [0.25, 0.3) is 0 Å². The minimum atomic E-state index is -1.13. The summed E-state index contributed by atoms with van der Waals surface area (Å²) in [5.41, 5.74) is 0. The Morgan fingerprint density at radius 2 is 1.08 bits per heavy atom. The van der Waals surface area contributed by atoms with E-state index in [-0.39, 0.29) is 49.1 Å². The molecule has 0 aliphatic heterocycles. The second-order valence-corrected chi connectivity index (χ2v) is 14.9. The zero-order chi connectivity index (χ0) is 38.5. The van der Waals surface area contributed by atoms with E-state index in [1.807, 2.05) is 36.5 Å². The van der Waals surface area contributed by atoms with Crippen molar-refractivity contribution >= 4 is 17.9 Å². The molecule has 0 aromatic heterocycles. The van der Waals surface area contributed by atoms with Gasteiger partial charge in [0, 0.05) is 19.3 Å². The molecule has 0 N–H and O–H groups in total. The summed E-state index contributed by atoms with van der Waals surface area (Å²) in [5, 5.41) is 11.6. The predicted octanol–water partition coefficient (Wildman–Crippen LogP) is 9.52. The van der Waals surface area contributed by atoms with E-state index in [4.69, 9.17) is 14.2 Å². The first kappa shape index (κ1) is 49.3. The molecule has 0 bridgehead atoms. The maximum atomic E-state index is 12.6. The Hall–Kier alpha value is -2.71. The molecule has 2 unspecified atom stereocenters. The quantitative estimate of drug-likeness (QED) is 0.0274. The maximum absolute atomic E-state index is 12.6. The van der Waals surface area contributed by atoms with Crippen molar-refractivity contribution in [1.82, 2.24) is 0 Å². The van der Waals surface area contributed by atoms with Gasteiger partial charge in [0.1, 0.15) is 12.6 Å². The first-order chi connectivity index (χ1) is 25.1. The molecule has 0 spiro atoms. The van der Waals surface area contributed by atoms with Crippen LogP contribution in [-0.4, -0.2) is 75.5 Å². The van der Waals surface area contributed by atoms with Gasteiger partial charge in [-0.2, -0.15) is 0 Å². The fraction of sp³-hybridized carbons (Fsp3) is 0.750. The molecule has 52 heavy (non-hydrogen) atoms. The van der Waals surface area contributed by atoms with Gasteiger partial charge < -0.3 is 28.6 Å². The zero-order valence-corrected chi connectivity index (χ0v) is 34.0. The molecule has 0 heterocycles. The van der Waals surface area contributed by atoms with Gasteiger partial charge in [0.15, 0.2) is 6.10 Å². The SMILES string of the molecule is CC/C=C/C=C/C=C/C=C/CCCCCC(=O)OC(COCCC(C(=O)[O-])[N+](C)(C)C)COC(=O)CCCCCCCCCCCCCCCCC. The molecule has 8 heteroatoms. The molecule has 300 valence electrons. The lowest BCUT2D eigenvalue weighted by atomic mass is 10.0. The summed E-state index contributed by atoms with van der Waals surface area (Å²) in [4.78, 5) is 36.7. The summed E-state index contributed by atoms with van der Waals surface area (Å²) in [7, 11) is 5.38. The monoisotopic (exact) mass is 732 g/mol. The Labute approximate surface area is 318 Å². The van der Waals surface area contributed by atoms with Crippen molar-refractivity contribution in [3.8, 4) is 0 Å². The van der Waals surface area contributed by atoms with E-state index in [0.29, 0.717) is 12.8 Å². The van der Waals surface area contributed by atoms with Crippen LogP contribution in [0.3, 0.4) is 0 Å². The molecule has 0 rings (SSSR count). The number of unbranched alkanes of at least 4 members (excludes halogenated alkanes) is 17. The van der Waals surface area contributed by atoms with Gasteiger partial charge in [0.2, 0.25) is 0 Å². The maximum Gasteiger partial charge on any atom is 0.306 e. The lowest BCUT2D eigenvalue weighted by Gasteiger charge is -2.34. The van der Waals surface area contributed by atoms with Gasteiger partial charge in [-0.25, -0.2) is 0 Å². The number of allylic oxidation sites excluding steroid dienone is 8. The standard InChI is InChI=1S/C44H77NO7/c1-6-8-10-12-14-16-18-20-21-23-24-26-28-30-32-34-42(46)51-39-40(38-50-37-36-41(44(48)49)45(3,4)5)52-43(47)35-33-31-29-27-25-22-19-17-15-13-11-9-7-2/h9,11,13,15,17,19,22,25,40-41H,6-8,10,12,14,16,18,20-21,23-24,26-39H2,1-5H3/b11-9+,15-13+,19-17+,25-22+. The van der Waals surface area contributed by atoms with Crippen molar-refractivity contribution in [1.29, 1.82) is 0 Å². The van der Waals surface area contributed by atoms with E-state index in [1.54, 1.807) is 21.1 Å². The van der Waals surface area contributed by atoms with Crippen LogP contribution in [0.15, 0.2) is 48.6 Å². The van der Waals surface area contributed by atoms with Crippen molar-refractivity contribution in [3.63, 3.8) is 0 Å². The number of hydrogen-bond acceptors (Lipinski definition) is 7. The van der Waals surface area contributed by atoms with Crippen molar-refractivity contribution < 1.29 is 38.2 Å². The van der Waals surface area contributed by atoms with E-state index in [0.717, 1.165) is 44.9 Å². The number of carboxylic acid groups (broad SMARTS) is 1.